The van der Waals surface area contributed by atoms with Crippen molar-refractivity contribution in [1.29, 1.82) is 0 Å². The quantitative estimate of drug-likeness (QED) is 0.720. The Morgan fingerprint density at radius 1 is 1.00 bits per heavy atom. The standard InChI is InChI=1S/C20H21N3OS/c1-14(25)15-2-4-16(5-3-15)17-6-7-18-19(12-17)22-20(13-21-18)23-8-10-24-11-9-23/h2-7,12-14,25H,8-11H2,1H3. The highest BCUT2D eigenvalue weighted by molar-refractivity contribution is 7.80. The molecule has 1 atom stereocenters. The van der Waals surface area contributed by atoms with Crippen molar-refractivity contribution >= 4 is 29.5 Å². The lowest BCUT2D eigenvalue weighted by Crippen LogP contribution is -2.36. The van der Waals surface area contributed by atoms with Crippen LogP contribution in [0.25, 0.3) is 22.2 Å². The van der Waals surface area contributed by atoms with E-state index in [1.165, 1.54) is 11.1 Å². The van der Waals surface area contributed by atoms with Crippen LogP contribution < -0.4 is 4.90 Å². The summed E-state index contributed by atoms with van der Waals surface area (Å²) in [4.78, 5) is 11.6. The van der Waals surface area contributed by atoms with Gasteiger partial charge in [0.05, 0.1) is 30.4 Å². The molecule has 5 heteroatoms. The van der Waals surface area contributed by atoms with Gasteiger partial charge in [-0.05, 0) is 35.7 Å². The lowest BCUT2D eigenvalue weighted by Gasteiger charge is -2.27. The molecule has 2 aromatic carbocycles. The molecule has 0 radical (unpaired) electrons. The number of benzene rings is 2. The monoisotopic (exact) mass is 351 g/mol. The van der Waals surface area contributed by atoms with Crippen molar-refractivity contribution in [3.05, 3.63) is 54.2 Å². The summed E-state index contributed by atoms with van der Waals surface area (Å²) in [6.45, 7) is 5.30. The molecule has 25 heavy (non-hydrogen) atoms. The zero-order chi connectivity index (χ0) is 17.2. The lowest BCUT2D eigenvalue weighted by molar-refractivity contribution is 0.122. The molecule has 0 spiro atoms. The van der Waals surface area contributed by atoms with Gasteiger partial charge in [-0.2, -0.15) is 12.6 Å². The fraction of sp³-hybridized carbons (Fsp3) is 0.300. The molecule has 1 aromatic heterocycles. The van der Waals surface area contributed by atoms with Crippen molar-refractivity contribution in [1.82, 2.24) is 9.97 Å². The highest BCUT2D eigenvalue weighted by Crippen LogP contribution is 2.27. The van der Waals surface area contributed by atoms with Crippen LogP contribution >= 0.6 is 12.6 Å². The molecule has 0 saturated carbocycles. The second-order valence-corrected chi connectivity index (χ2v) is 7.10. The summed E-state index contributed by atoms with van der Waals surface area (Å²) in [5.74, 6) is 0.923. The average molecular weight is 351 g/mol. The summed E-state index contributed by atoms with van der Waals surface area (Å²) in [7, 11) is 0. The summed E-state index contributed by atoms with van der Waals surface area (Å²) in [5, 5.41) is 0.243. The van der Waals surface area contributed by atoms with Crippen molar-refractivity contribution in [3.63, 3.8) is 0 Å². The van der Waals surface area contributed by atoms with Gasteiger partial charge in [0, 0.05) is 18.3 Å². The third-order valence-corrected chi connectivity index (χ3v) is 4.89. The lowest BCUT2D eigenvalue weighted by atomic mass is 10.0. The fourth-order valence-electron chi connectivity index (χ4n) is 3.08. The minimum atomic E-state index is 0.243. The van der Waals surface area contributed by atoms with Gasteiger partial charge >= 0.3 is 0 Å². The maximum atomic E-state index is 5.42. The Hall–Kier alpha value is -2.11. The third kappa shape index (κ3) is 3.48. The van der Waals surface area contributed by atoms with Crippen LogP contribution in [-0.2, 0) is 4.74 Å². The van der Waals surface area contributed by atoms with Crippen LogP contribution in [0.1, 0.15) is 17.7 Å². The summed E-state index contributed by atoms with van der Waals surface area (Å²) in [5.41, 5.74) is 5.40. The van der Waals surface area contributed by atoms with E-state index in [1.54, 1.807) is 0 Å². The van der Waals surface area contributed by atoms with Gasteiger partial charge in [-0.3, -0.25) is 4.98 Å². The maximum Gasteiger partial charge on any atom is 0.148 e. The van der Waals surface area contributed by atoms with Crippen LogP contribution in [0, 0.1) is 0 Å². The number of nitrogens with zero attached hydrogens (tertiary/aromatic N) is 3. The summed E-state index contributed by atoms with van der Waals surface area (Å²) >= 11 is 4.49. The van der Waals surface area contributed by atoms with Crippen LogP contribution in [0.2, 0.25) is 0 Å². The van der Waals surface area contributed by atoms with Crippen molar-refractivity contribution in [2.24, 2.45) is 0 Å². The number of thiol groups is 1. The van der Waals surface area contributed by atoms with Gasteiger partial charge in [0.2, 0.25) is 0 Å². The number of aromatic nitrogens is 2. The second-order valence-electron chi connectivity index (χ2n) is 6.33. The van der Waals surface area contributed by atoms with Crippen LogP contribution in [0.5, 0.6) is 0 Å². The first-order valence-electron chi connectivity index (χ1n) is 8.58. The Labute approximate surface area is 153 Å². The first-order valence-corrected chi connectivity index (χ1v) is 9.10. The molecule has 2 heterocycles. The normalized spacial score (nSPS) is 16.2. The predicted octanol–water partition coefficient (Wildman–Crippen LogP) is 4.12. The van der Waals surface area contributed by atoms with Gasteiger partial charge in [0.15, 0.2) is 0 Å². The second kappa shape index (κ2) is 7.02. The smallest absolute Gasteiger partial charge is 0.148 e. The number of fused-ring (bicyclic) bond motifs is 1. The molecule has 0 aliphatic carbocycles. The van der Waals surface area contributed by atoms with E-state index in [2.05, 4.69) is 65.8 Å². The molecule has 4 rings (SSSR count). The van der Waals surface area contributed by atoms with E-state index in [9.17, 15) is 0 Å². The SMILES string of the molecule is CC(S)c1ccc(-c2ccc3ncc(N4CCOCC4)nc3c2)cc1. The minimum Gasteiger partial charge on any atom is -0.378 e. The molecular formula is C20H21N3OS. The first kappa shape index (κ1) is 16.4. The predicted molar refractivity (Wildman–Crippen MR) is 105 cm³/mol. The number of ether oxygens (including phenoxy) is 1. The molecule has 0 N–H and O–H groups in total. The highest BCUT2D eigenvalue weighted by Gasteiger charge is 2.13. The number of hydrogen-bond acceptors (Lipinski definition) is 5. The number of hydrogen-bond donors (Lipinski definition) is 1. The van der Waals surface area contributed by atoms with E-state index in [0.29, 0.717) is 0 Å². The van der Waals surface area contributed by atoms with E-state index in [4.69, 9.17) is 9.72 Å². The van der Waals surface area contributed by atoms with Crippen LogP contribution in [0.15, 0.2) is 48.7 Å². The van der Waals surface area contributed by atoms with Gasteiger partial charge in [-0.1, -0.05) is 30.3 Å². The van der Waals surface area contributed by atoms with Gasteiger partial charge in [0.25, 0.3) is 0 Å². The first-order chi connectivity index (χ1) is 12.2. The number of rotatable bonds is 3. The van der Waals surface area contributed by atoms with E-state index in [1.807, 2.05) is 12.3 Å². The van der Waals surface area contributed by atoms with Gasteiger partial charge in [0.1, 0.15) is 5.82 Å². The molecular weight excluding hydrogens is 330 g/mol. The van der Waals surface area contributed by atoms with Crippen molar-refractivity contribution in [2.75, 3.05) is 31.2 Å². The maximum absolute atomic E-state index is 5.42. The van der Waals surface area contributed by atoms with Crippen LogP contribution in [0.3, 0.4) is 0 Å². The van der Waals surface area contributed by atoms with Crippen LogP contribution in [-0.4, -0.2) is 36.3 Å². The zero-order valence-electron chi connectivity index (χ0n) is 14.2. The Balaban J connectivity index is 1.68. The molecule has 0 bridgehead atoms. The molecule has 3 aromatic rings. The Bertz CT molecular complexity index is 874. The van der Waals surface area contributed by atoms with Crippen molar-refractivity contribution in [2.45, 2.75) is 12.2 Å². The van der Waals surface area contributed by atoms with Gasteiger partial charge in [-0.15, -0.1) is 0 Å². The Kier molecular flexibility index (Phi) is 4.59. The summed E-state index contributed by atoms with van der Waals surface area (Å²) < 4.78 is 5.42. The average Bonchev–Trinajstić information content (AvgIpc) is 2.68. The molecule has 4 nitrogen and oxygen atoms in total. The molecule has 1 aliphatic heterocycles. The molecule has 1 unspecified atom stereocenters. The summed E-state index contributed by atoms with van der Waals surface area (Å²) in [6, 6.07) is 14.8. The Morgan fingerprint density at radius 3 is 2.44 bits per heavy atom. The Morgan fingerprint density at radius 2 is 1.72 bits per heavy atom. The van der Waals surface area contributed by atoms with E-state index < -0.39 is 0 Å². The van der Waals surface area contributed by atoms with Crippen molar-refractivity contribution in [3.8, 4) is 11.1 Å². The highest BCUT2D eigenvalue weighted by atomic mass is 32.1. The van der Waals surface area contributed by atoms with Crippen LogP contribution in [0.4, 0.5) is 5.82 Å². The fourth-order valence-corrected chi connectivity index (χ4v) is 3.25. The van der Waals surface area contributed by atoms with Gasteiger partial charge < -0.3 is 9.64 Å². The molecule has 128 valence electrons. The number of morpholine rings is 1. The summed E-state index contributed by atoms with van der Waals surface area (Å²) in [6.07, 6.45) is 1.86. The van der Waals surface area contributed by atoms with E-state index in [-0.39, 0.29) is 5.25 Å². The minimum absolute atomic E-state index is 0.243. The molecule has 1 aliphatic rings. The van der Waals surface area contributed by atoms with Gasteiger partial charge in [-0.25, -0.2) is 4.98 Å². The number of anilines is 1. The van der Waals surface area contributed by atoms with E-state index >= 15 is 0 Å². The largest absolute Gasteiger partial charge is 0.378 e. The molecule has 1 fully saturated rings. The van der Waals surface area contributed by atoms with E-state index in [0.717, 1.165) is 48.7 Å². The molecule has 0 amide bonds. The topological polar surface area (TPSA) is 38.2 Å². The zero-order valence-corrected chi connectivity index (χ0v) is 15.1. The molecule has 1 saturated heterocycles. The van der Waals surface area contributed by atoms with Crippen molar-refractivity contribution < 1.29 is 4.74 Å². The third-order valence-electron chi connectivity index (χ3n) is 4.59.